The molecule has 0 unspecified atom stereocenters. The monoisotopic (exact) mass is 849 g/mol. The quantitative estimate of drug-likeness (QED) is 0.144. The van der Waals surface area contributed by atoms with Gasteiger partial charge < -0.3 is 4.90 Å². The first-order valence-electron chi connectivity index (χ1n) is 23.2. The Balaban J connectivity index is 1.000. The van der Waals surface area contributed by atoms with E-state index in [1.807, 2.05) is 0 Å². The molecule has 0 spiro atoms. The number of nitrogens with zero attached hydrogens (tertiary/aromatic N) is 1. The van der Waals surface area contributed by atoms with Crippen LogP contribution in [0, 0.1) is 0 Å². The molecule has 0 heterocycles. The number of benzene rings is 13. The van der Waals surface area contributed by atoms with Gasteiger partial charge in [-0.3, -0.25) is 0 Å². The van der Waals surface area contributed by atoms with E-state index in [1.54, 1.807) is 0 Å². The number of fused-ring (bicyclic) bond motifs is 9. The highest BCUT2D eigenvalue weighted by Crippen LogP contribution is 2.47. The van der Waals surface area contributed by atoms with Gasteiger partial charge in [-0.25, -0.2) is 0 Å². The van der Waals surface area contributed by atoms with Crippen LogP contribution < -0.4 is 4.90 Å². The fraction of sp³-hybridized carbons (Fsp3) is 0. The lowest BCUT2D eigenvalue weighted by Crippen LogP contribution is -2.10. The van der Waals surface area contributed by atoms with Crippen LogP contribution in [0.15, 0.2) is 261 Å². The van der Waals surface area contributed by atoms with Crippen LogP contribution in [-0.2, 0) is 0 Å². The van der Waals surface area contributed by atoms with Crippen LogP contribution in [0.25, 0.3) is 109 Å². The minimum Gasteiger partial charge on any atom is -0.310 e. The number of rotatable bonds is 7. The molecule has 0 amide bonds. The summed E-state index contributed by atoms with van der Waals surface area (Å²) >= 11 is 0. The SMILES string of the molecule is c1ccc(-c2c(-c3ccccc3)c3cc(-c4cccc(N(c5ccc(-c6cccc7c6ccc6ccccc67)cc5)c5cccc6c5ccc5ccccc56)c4)ccc3c3ccccc23)cc1. The van der Waals surface area contributed by atoms with E-state index in [1.165, 1.54) is 104 Å². The summed E-state index contributed by atoms with van der Waals surface area (Å²) in [5.41, 5.74) is 13.0. The normalized spacial score (nSPS) is 11.6. The Bertz CT molecular complexity index is 4020. The van der Waals surface area contributed by atoms with E-state index >= 15 is 0 Å². The Hall–Kier alpha value is -8.78. The molecule has 67 heavy (non-hydrogen) atoms. The number of hydrogen-bond donors (Lipinski definition) is 0. The third-order valence-electron chi connectivity index (χ3n) is 13.8. The maximum absolute atomic E-state index is 2.44. The van der Waals surface area contributed by atoms with Gasteiger partial charge in [0.1, 0.15) is 0 Å². The smallest absolute Gasteiger partial charge is 0.0540 e. The first-order chi connectivity index (χ1) is 33.2. The van der Waals surface area contributed by atoms with Crippen LogP contribution >= 0.6 is 0 Å². The van der Waals surface area contributed by atoms with Crippen molar-refractivity contribution >= 4 is 81.7 Å². The minimum absolute atomic E-state index is 1.09. The molecule has 0 atom stereocenters. The third-order valence-corrected chi connectivity index (χ3v) is 13.8. The molecule has 0 bridgehead atoms. The van der Waals surface area contributed by atoms with Crippen LogP contribution in [0.1, 0.15) is 0 Å². The summed E-state index contributed by atoms with van der Waals surface area (Å²) in [6.07, 6.45) is 0. The van der Waals surface area contributed by atoms with Crippen molar-refractivity contribution in [2.24, 2.45) is 0 Å². The molecular formula is C66H43N. The van der Waals surface area contributed by atoms with Gasteiger partial charge in [-0.15, -0.1) is 0 Å². The molecule has 0 saturated heterocycles. The van der Waals surface area contributed by atoms with E-state index < -0.39 is 0 Å². The van der Waals surface area contributed by atoms with Gasteiger partial charge in [-0.1, -0.05) is 224 Å². The fourth-order valence-electron chi connectivity index (χ4n) is 10.7. The van der Waals surface area contributed by atoms with Gasteiger partial charge >= 0.3 is 0 Å². The predicted molar refractivity (Wildman–Crippen MR) is 288 cm³/mol. The first kappa shape index (κ1) is 38.7. The largest absolute Gasteiger partial charge is 0.310 e. The van der Waals surface area contributed by atoms with Gasteiger partial charge in [-0.05, 0) is 140 Å². The average Bonchev–Trinajstić information content (AvgIpc) is 3.41. The Morgan fingerprint density at radius 1 is 0.209 bits per heavy atom. The van der Waals surface area contributed by atoms with Gasteiger partial charge in [-0.2, -0.15) is 0 Å². The van der Waals surface area contributed by atoms with Crippen molar-refractivity contribution in [3.63, 3.8) is 0 Å². The van der Waals surface area contributed by atoms with Gasteiger partial charge in [0.15, 0.2) is 0 Å². The molecule has 0 fully saturated rings. The second kappa shape index (κ2) is 16.0. The summed E-state index contributed by atoms with van der Waals surface area (Å²) in [6, 6.07) is 95.9. The summed E-state index contributed by atoms with van der Waals surface area (Å²) in [7, 11) is 0. The first-order valence-corrected chi connectivity index (χ1v) is 23.2. The molecular weight excluding hydrogens is 807 g/mol. The highest BCUT2D eigenvalue weighted by Gasteiger charge is 2.21. The topological polar surface area (TPSA) is 3.24 Å². The number of anilines is 3. The second-order valence-electron chi connectivity index (χ2n) is 17.6. The maximum atomic E-state index is 2.44. The van der Waals surface area contributed by atoms with Crippen LogP contribution in [0.5, 0.6) is 0 Å². The molecule has 0 N–H and O–H groups in total. The highest BCUT2D eigenvalue weighted by atomic mass is 15.1. The second-order valence-corrected chi connectivity index (χ2v) is 17.6. The third kappa shape index (κ3) is 6.55. The molecule has 0 aromatic heterocycles. The molecule has 13 rings (SSSR count). The molecule has 13 aromatic carbocycles. The molecule has 13 aromatic rings. The average molecular weight is 850 g/mol. The van der Waals surface area contributed by atoms with Crippen molar-refractivity contribution in [1.82, 2.24) is 0 Å². The zero-order valence-corrected chi connectivity index (χ0v) is 36.8. The molecule has 0 aliphatic rings. The van der Waals surface area contributed by atoms with Gasteiger partial charge in [0.2, 0.25) is 0 Å². The minimum atomic E-state index is 1.09. The zero-order chi connectivity index (χ0) is 44.3. The van der Waals surface area contributed by atoms with Crippen molar-refractivity contribution in [2.45, 2.75) is 0 Å². The molecule has 0 saturated carbocycles. The summed E-state index contributed by atoms with van der Waals surface area (Å²) in [6.45, 7) is 0. The van der Waals surface area contributed by atoms with Crippen LogP contribution in [0.3, 0.4) is 0 Å². The lowest BCUT2D eigenvalue weighted by atomic mass is 9.84. The molecule has 312 valence electrons. The zero-order valence-electron chi connectivity index (χ0n) is 36.8. The summed E-state index contributed by atoms with van der Waals surface area (Å²) in [4.78, 5) is 2.44. The Labute approximate surface area is 390 Å². The van der Waals surface area contributed by atoms with E-state index in [-0.39, 0.29) is 0 Å². The molecule has 0 aliphatic heterocycles. The summed E-state index contributed by atoms with van der Waals surface area (Å²) in [5, 5.41) is 15.0. The molecule has 1 nitrogen and oxygen atoms in total. The Morgan fingerprint density at radius 3 is 1.37 bits per heavy atom. The van der Waals surface area contributed by atoms with Gasteiger partial charge in [0.25, 0.3) is 0 Å². The van der Waals surface area contributed by atoms with Crippen LogP contribution in [0.2, 0.25) is 0 Å². The molecule has 0 aliphatic carbocycles. The number of hydrogen-bond acceptors (Lipinski definition) is 1. The Kier molecular flexibility index (Phi) is 9.25. The van der Waals surface area contributed by atoms with Crippen molar-refractivity contribution in [2.75, 3.05) is 4.90 Å². The van der Waals surface area contributed by atoms with E-state index in [2.05, 4.69) is 266 Å². The van der Waals surface area contributed by atoms with Crippen LogP contribution in [-0.4, -0.2) is 0 Å². The predicted octanol–water partition coefficient (Wildman–Crippen LogP) is 18.7. The van der Waals surface area contributed by atoms with Crippen molar-refractivity contribution < 1.29 is 0 Å². The lowest BCUT2D eigenvalue weighted by molar-refractivity contribution is 1.30. The summed E-state index contributed by atoms with van der Waals surface area (Å²) in [5.74, 6) is 0. The highest BCUT2D eigenvalue weighted by molar-refractivity contribution is 6.22. The van der Waals surface area contributed by atoms with Crippen LogP contribution in [0.4, 0.5) is 17.1 Å². The standard InChI is InChI=1S/C66H43N/c1-3-18-47(19-4-1)65-62-27-12-11-26-58(62)60-40-36-50(43-63(60)66(65)48-20-5-2-6-21-48)49-22-13-23-52(42-49)67(64-31-15-30-57-54-25-10-8-17-45(54)35-41-61(57)64)51-37-32-46(33-38-51)55-28-14-29-56-53-24-9-7-16-44(53)34-39-59(55)56/h1-43H. The van der Waals surface area contributed by atoms with Crippen molar-refractivity contribution in [1.29, 1.82) is 0 Å². The van der Waals surface area contributed by atoms with Crippen molar-refractivity contribution in [3.05, 3.63) is 261 Å². The molecule has 1 heteroatoms. The summed E-state index contributed by atoms with van der Waals surface area (Å²) < 4.78 is 0. The van der Waals surface area contributed by atoms with E-state index in [9.17, 15) is 0 Å². The maximum Gasteiger partial charge on any atom is 0.0540 e. The fourth-order valence-corrected chi connectivity index (χ4v) is 10.7. The van der Waals surface area contributed by atoms with Gasteiger partial charge in [0.05, 0.1) is 5.69 Å². The lowest BCUT2D eigenvalue weighted by Gasteiger charge is -2.28. The van der Waals surface area contributed by atoms with Crippen molar-refractivity contribution in [3.8, 4) is 44.5 Å². The van der Waals surface area contributed by atoms with E-state index in [4.69, 9.17) is 0 Å². The van der Waals surface area contributed by atoms with E-state index in [0.29, 0.717) is 0 Å². The van der Waals surface area contributed by atoms with E-state index in [0.717, 1.165) is 22.6 Å². The van der Waals surface area contributed by atoms with Gasteiger partial charge in [0, 0.05) is 16.8 Å². The molecule has 0 radical (unpaired) electrons. The Morgan fingerprint density at radius 2 is 0.672 bits per heavy atom.